The lowest BCUT2D eigenvalue weighted by atomic mass is 10.2. The monoisotopic (exact) mass is 262 g/mol. The molecule has 0 radical (unpaired) electrons. The molecule has 76 valence electrons. The van der Waals surface area contributed by atoms with Crippen molar-refractivity contribution < 1.29 is 0 Å². The Morgan fingerprint density at radius 2 is 1.67 bits per heavy atom. The molecule has 0 atom stereocenters. The third-order valence-corrected chi connectivity index (χ3v) is 2.52. The quantitative estimate of drug-likeness (QED) is 0.809. The van der Waals surface area contributed by atoms with Crippen molar-refractivity contribution in [2.45, 2.75) is 0 Å². The van der Waals surface area contributed by atoms with Gasteiger partial charge in [-0.25, -0.2) is 0 Å². The summed E-state index contributed by atoms with van der Waals surface area (Å²) in [5.41, 5.74) is 8.46. The summed E-state index contributed by atoms with van der Waals surface area (Å²) in [6.45, 7) is 0. The lowest BCUT2D eigenvalue weighted by Crippen LogP contribution is -1.90. The maximum Gasteiger partial charge on any atom is 0.0395 e. The van der Waals surface area contributed by atoms with E-state index < -0.39 is 0 Å². The Kier molecular flexibility index (Phi) is 2.92. The van der Waals surface area contributed by atoms with Gasteiger partial charge in [-0.1, -0.05) is 22.0 Å². The number of nitrogen functional groups attached to an aromatic ring is 1. The number of anilines is 3. The Balaban J connectivity index is 2.18. The highest BCUT2D eigenvalue weighted by atomic mass is 79.9. The first kappa shape index (κ1) is 10.1. The summed E-state index contributed by atoms with van der Waals surface area (Å²) in [5, 5.41) is 3.29. The van der Waals surface area contributed by atoms with Crippen molar-refractivity contribution in [3.63, 3.8) is 0 Å². The zero-order chi connectivity index (χ0) is 10.7. The number of nitrogens with two attached hydrogens (primary N) is 1. The molecule has 0 aliphatic carbocycles. The molecule has 2 aromatic rings. The molecule has 2 nitrogen and oxygen atoms in total. The summed E-state index contributed by atoms with van der Waals surface area (Å²) in [5.74, 6) is 0. The summed E-state index contributed by atoms with van der Waals surface area (Å²) in [6, 6.07) is 15.7. The minimum Gasteiger partial charge on any atom is -0.399 e. The molecular weight excluding hydrogens is 252 g/mol. The van der Waals surface area contributed by atoms with Crippen LogP contribution < -0.4 is 11.1 Å². The lowest BCUT2D eigenvalue weighted by molar-refractivity contribution is 1.53. The first-order valence-corrected chi connectivity index (χ1v) is 5.41. The van der Waals surface area contributed by atoms with Gasteiger partial charge in [0.05, 0.1) is 0 Å². The van der Waals surface area contributed by atoms with Gasteiger partial charge in [-0.05, 0) is 42.5 Å². The van der Waals surface area contributed by atoms with Crippen molar-refractivity contribution in [2.75, 3.05) is 11.1 Å². The van der Waals surface area contributed by atoms with Gasteiger partial charge in [-0.15, -0.1) is 0 Å². The van der Waals surface area contributed by atoms with E-state index in [-0.39, 0.29) is 0 Å². The molecule has 0 aliphatic heterocycles. The van der Waals surface area contributed by atoms with Crippen molar-refractivity contribution in [1.82, 2.24) is 0 Å². The van der Waals surface area contributed by atoms with Gasteiger partial charge >= 0.3 is 0 Å². The van der Waals surface area contributed by atoms with Crippen LogP contribution in [0.1, 0.15) is 0 Å². The van der Waals surface area contributed by atoms with E-state index in [0.717, 1.165) is 21.5 Å². The van der Waals surface area contributed by atoms with Gasteiger partial charge in [0.1, 0.15) is 0 Å². The average Bonchev–Trinajstić information content (AvgIpc) is 2.22. The lowest BCUT2D eigenvalue weighted by Gasteiger charge is -2.06. The van der Waals surface area contributed by atoms with Gasteiger partial charge in [0, 0.05) is 21.5 Å². The topological polar surface area (TPSA) is 38.0 Å². The first-order valence-electron chi connectivity index (χ1n) is 4.62. The normalized spacial score (nSPS) is 9.93. The zero-order valence-corrected chi connectivity index (χ0v) is 9.66. The Hall–Kier alpha value is -1.48. The smallest absolute Gasteiger partial charge is 0.0395 e. The molecule has 0 saturated carbocycles. The molecular formula is C12H11BrN2. The fourth-order valence-electron chi connectivity index (χ4n) is 1.30. The maximum absolute atomic E-state index is 5.61. The summed E-state index contributed by atoms with van der Waals surface area (Å²) in [4.78, 5) is 0. The summed E-state index contributed by atoms with van der Waals surface area (Å²) in [7, 11) is 0. The molecule has 2 aromatic carbocycles. The second-order valence-corrected chi connectivity index (χ2v) is 4.17. The number of benzene rings is 2. The minimum atomic E-state index is 0.773. The number of halogens is 1. The molecule has 0 amide bonds. The SMILES string of the molecule is Nc1ccc(Nc2cccc(Br)c2)cc1. The van der Waals surface area contributed by atoms with Crippen molar-refractivity contribution >= 4 is 33.0 Å². The number of rotatable bonds is 2. The second kappa shape index (κ2) is 4.36. The Morgan fingerprint density at radius 1 is 0.933 bits per heavy atom. The van der Waals surface area contributed by atoms with Crippen molar-refractivity contribution in [3.8, 4) is 0 Å². The molecule has 3 heteroatoms. The van der Waals surface area contributed by atoms with Crippen LogP contribution in [-0.2, 0) is 0 Å². The van der Waals surface area contributed by atoms with Gasteiger partial charge in [0.2, 0.25) is 0 Å². The molecule has 0 aromatic heterocycles. The van der Waals surface area contributed by atoms with Crippen molar-refractivity contribution in [2.24, 2.45) is 0 Å². The van der Waals surface area contributed by atoms with Crippen LogP contribution in [0.2, 0.25) is 0 Å². The maximum atomic E-state index is 5.61. The predicted molar refractivity (Wildman–Crippen MR) is 68.3 cm³/mol. The molecule has 0 spiro atoms. The number of hydrogen-bond acceptors (Lipinski definition) is 2. The van der Waals surface area contributed by atoms with Crippen LogP contribution in [0.25, 0.3) is 0 Å². The van der Waals surface area contributed by atoms with E-state index in [1.54, 1.807) is 0 Å². The second-order valence-electron chi connectivity index (χ2n) is 3.26. The van der Waals surface area contributed by atoms with E-state index in [1.807, 2.05) is 48.5 Å². The van der Waals surface area contributed by atoms with Gasteiger partial charge in [0.25, 0.3) is 0 Å². The number of hydrogen-bond donors (Lipinski definition) is 2. The standard InChI is InChI=1S/C12H11BrN2/c13-9-2-1-3-12(8-9)15-11-6-4-10(14)5-7-11/h1-8,15H,14H2. The molecule has 0 heterocycles. The van der Waals surface area contributed by atoms with Gasteiger partial charge in [-0.3, -0.25) is 0 Å². The number of nitrogens with one attached hydrogen (secondary N) is 1. The van der Waals surface area contributed by atoms with Crippen LogP contribution in [0.4, 0.5) is 17.1 Å². The van der Waals surface area contributed by atoms with Crippen LogP contribution >= 0.6 is 15.9 Å². The fourth-order valence-corrected chi connectivity index (χ4v) is 1.70. The van der Waals surface area contributed by atoms with Crippen LogP contribution in [0.15, 0.2) is 53.0 Å². The van der Waals surface area contributed by atoms with Crippen molar-refractivity contribution in [3.05, 3.63) is 53.0 Å². The zero-order valence-electron chi connectivity index (χ0n) is 8.07. The van der Waals surface area contributed by atoms with Crippen molar-refractivity contribution in [1.29, 1.82) is 0 Å². The molecule has 2 rings (SSSR count). The summed E-state index contributed by atoms with van der Waals surface area (Å²) in [6.07, 6.45) is 0. The van der Waals surface area contributed by atoms with E-state index in [4.69, 9.17) is 5.73 Å². The molecule has 3 N–H and O–H groups in total. The summed E-state index contributed by atoms with van der Waals surface area (Å²) < 4.78 is 1.06. The van der Waals surface area contributed by atoms with Crippen LogP contribution in [0.5, 0.6) is 0 Å². The first-order chi connectivity index (χ1) is 7.24. The highest BCUT2D eigenvalue weighted by molar-refractivity contribution is 9.10. The average molecular weight is 263 g/mol. The fraction of sp³-hybridized carbons (Fsp3) is 0. The van der Waals surface area contributed by atoms with Gasteiger partial charge in [0.15, 0.2) is 0 Å². The van der Waals surface area contributed by atoms with Gasteiger partial charge in [-0.2, -0.15) is 0 Å². The predicted octanol–water partition coefficient (Wildman–Crippen LogP) is 3.77. The van der Waals surface area contributed by atoms with Crippen LogP contribution in [-0.4, -0.2) is 0 Å². The van der Waals surface area contributed by atoms with E-state index in [9.17, 15) is 0 Å². The Labute approximate surface area is 97.2 Å². The molecule has 0 aliphatic rings. The highest BCUT2D eigenvalue weighted by Crippen LogP contribution is 2.20. The molecule has 0 saturated heterocycles. The molecule has 0 unspecified atom stereocenters. The Morgan fingerprint density at radius 3 is 2.33 bits per heavy atom. The third kappa shape index (κ3) is 2.73. The van der Waals surface area contributed by atoms with Crippen LogP contribution in [0, 0.1) is 0 Å². The Bertz CT molecular complexity index is 451. The van der Waals surface area contributed by atoms with Gasteiger partial charge < -0.3 is 11.1 Å². The largest absolute Gasteiger partial charge is 0.399 e. The highest BCUT2D eigenvalue weighted by Gasteiger charge is 1.94. The molecule has 0 bridgehead atoms. The molecule has 0 fully saturated rings. The van der Waals surface area contributed by atoms with E-state index in [2.05, 4.69) is 21.2 Å². The van der Waals surface area contributed by atoms with E-state index >= 15 is 0 Å². The van der Waals surface area contributed by atoms with E-state index in [1.165, 1.54) is 0 Å². The van der Waals surface area contributed by atoms with Crippen LogP contribution in [0.3, 0.4) is 0 Å². The third-order valence-electron chi connectivity index (χ3n) is 2.02. The molecule has 15 heavy (non-hydrogen) atoms. The van der Waals surface area contributed by atoms with E-state index in [0.29, 0.717) is 0 Å². The summed E-state index contributed by atoms with van der Waals surface area (Å²) >= 11 is 3.43. The minimum absolute atomic E-state index is 0.773.